The highest BCUT2D eigenvalue weighted by atomic mass is 32.1. The van der Waals surface area contributed by atoms with Crippen molar-refractivity contribution in [1.29, 1.82) is 0 Å². The molecule has 0 aliphatic carbocycles. The van der Waals surface area contributed by atoms with E-state index in [1.165, 1.54) is 0 Å². The second-order valence-corrected chi connectivity index (χ2v) is 4.46. The van der Waals surface area contributed by atoms with Crippen LogP contribution in [0.5, 0.6) is 0 Å². The average molecular weight is 223 g/mol. The number of hydrogen-bond donors (Lipinski definition) is 1. The highest BCUT2D eigenvalue weighted by Gasteiger charge is 2.06. The van der Waals surface area contributed by atoms with E-state index in [2.05, 4.69) is 23.7 Å². The van der Waals surface area contributed by atoms with E-state index in [1.54, 1.807) is 0 Å². The van der Waals surface area contributed by atoms with Crippen LogP contribution in [0.2, 0.25) is 0 Å². The highest BCUT2D eigenvalue weighted by molar-refractivity contribution is 7.80. The Bertz CT molecular complexity index is 349. The zero-order valence-corrected chi connectivity index (χ0v) is 10.2. The molecular weight excluding hydrogens is 206 g/mol. The largest absolute Gasteiger partial charge is 0.388 e. The van der Waals surface area contributed by atoms with Crippen LogP contribution in [-0.4, -0.2) is 23.6 Å². The van der Waals surface area contributed by atoms with Crippen LogP contribution in [-0.2, 0) is 0 Å². The molecule has 15 heavy (non-hydrogen) atoms. The Labute approximate surface area is 96.3 Å². The Morgan fingerprint density at radius 3 is 2.73 bits per heavy atom. The van der Waals surface area contributed by atoms with Crippen LogP contribution in [0.1, 0.15) is 19.5 Å². The van der Waals surface area contributed by atoms with Crippen molar-refractivity contribution in [2.45, 2.75) is 13.8 Å². The normalized spacial score (nSPS) is 10.4. The molecule has 0 bridgehead atoms. The molecule has 2 N–H and O–H groups in total. The van der Waals surface area contributed by atoms with E-state index in [9.17, 15) is 0 Å². The number of aromatic nitrogens is 1. The zero-order chi connectivity index (χ0) is 11.4. The van der Waals surface area contributed by atoms with Crippen LogP contribution < -0.4 is 10.6 Å². The fraction of sp³-hybridized carbons (Fsp3) is 0.455. The van der Waals surface area contributed by atoms with Gasteiger partial charge < -0.3 is 10.6 Å². The minimum Gasteiger partial charge on any atom is -0.388 e. The Morgan fingerprint density at radius 2 is 2.20 bits per heavy atom. The number of thiocarbonyl (C=S) groups is 1. The molecule has 0 saturated carbocycles. The van der Waals surface area contributed by atoms with Gasteiger partial charge in [0, 0.05) is 13.6 Å². The molecule has 1 aromatic heterocycles. The van der Waals surface area contributed by atoms with Crippen LogP contribution in [0, 0.1) is 5.92 Å². The molecule has 0 spiro atoms. The third-order valence-corrected chi connectivity index (χ3v) is 2.23. The minimum atomic E-state index is 0.342. The Hall–Kier alpha value is -1.16. The van der Waals surface area contributed by atoms with Gasteiger partial charge in [0.15, 0.2) is 0 Å². The lowest BCUT2D eigenvalue weighted by molar-refractivity contribution is 0.634. The summed E-state index contributed by atoms with van der Waals surface area (Å²) in [6.45, 7) is 5.32. The van der Waals surface area contributed by atoms with Crippen molar-refractivity contribution >= 4 is 23.0 Å². The first-order valence-electron chi connectivity index (χ1n) is 4.98. The summed E-state index contributed by atoms with van der Waals surface area (Å²) in [4.78, 5) is 6.83. The van der Waals surface area contributed by atoms with Crippen LogP contribution in [0.15, 0.2) is 18.2 Å². The summed E-state index contributed by atoms with van der Waals surface area (Å²) in [5, 5.41) is 0. The second kappa shape index (κ2) is 5.07. The summed E-state index contributed by atoms with van der Waals surface area (Å²) in [6, 6.07) is 5.72. The van der Waals surface area contributed by atoms with Gasteiger partial charge in [-0.25, -0.2) is 4.98 Å². The number of pyridine rings is 1. The van der Waals surface area contributed by atoms with E-state index < -0.39 is 0 Å². The van der Waals surface area contributed by atoms with E-state index in [0.717, 1.165) is 12.4 Å². The molecule has 0 amide bonds. The van der Waals surface area contributed by atoms with Crippen molar-refractivity contribution in [2.75, 3.05) is 18.5 Å². The summed E-state index contributed by atoms with van der Waals surface area (Å²) in [6.07, 6.45) is 0. The van der Waals surface area contributed by atoms with Crippen molar-refractivity contribution < 1.29 is 0 Å². The molecule has 1 rings (SSSR count). The van der Waals surface area contributed by atoms with Crippen molar-refractivity contribution in [2.24, 2.45) is 11.7 Å². The van der Waals surface area contributed by atoms with Gasteiger partial charge in [-0.2, -0.15) is 0 Å². The predicted molar refractivity (Wildman–Crippen MR) is 68.2 cm³/mol. The molecule has 4 heteroatoms. The molecule has 0 atom stereocenters. The fourth-order valence-electron chi connectivity index (χ4n) is 1.41. The van der Waals surface area contributed by atoms with Gasteiger partial charge in [-0.05, 0) is 18.1 Å². The lowest BCUT2D eigenvalue weighted by Gasteiger charge is -2.20. The van der Waals surface area contributed by atoms with Gasteiger partial charge in [0.25, 0.3) is 0 Å². The first kappa shape index (κ1) is 11.9. The number of hydrogen-bond acceptors (Lipinski definition) is 3. The summed E-state index contributed by atoms with van der Waals surface area (Å²) in [5.74, 6) is 1.51. The molecule has 0 fully saturated rings. The molecule has 0 aliphatic rings. The van der Waals surface area contributed by atoms with Crippen LogP contribution in [0.25, 0.3) is 0 Å². The SMILES string of the molecule is CC(C)CN(C)c1cccc(C(N)=S)n1. The quantitative estimate of drug-likeness (QED) is 0.790. The summed E-state index contributed by atoms with van der Waals surface area (Å²) >= 11 is 4.89. The lowest BCUT2D eigenvalue weighted by Crippen LogP contribution is -2.24. The van der Waals surface area contributed by atoms with Gasteiger partial charge in [-0.3, -0.25) is 0 Å². The van der Waals surface area contributed by atoms with E-state index in [0.29, 0.717) is 16.6 Å². The van der Waals surface area contributed by atoms with Crippen LogP contribution in [0.3, 0.4) is 0 Å². The maximum atomic E-state index is 5.53. The molecule has 1 heterocycles. The Kier molecular flexibility index (Phi) is 4.03. The van der Waals surface area contributed by atoms with Crippen molar-refractivity contribution in [3.8, 4) is 0 Å². The molecule has 0 aromatic carbocycles. The van der Waals surface area contributed by atoms with Gasteiger partial charge in [-0.1, -0.05) is 32.1 Å². The highest BCUT2D eigenvalue weighted by Crippen LogP contribution is 2.11. The maximum absolute atomic E-state index is 5.53. The smallest absolute Gasteiger partial charge is 0.129 e. The third-order valence-electron chi connectivity index (χ3n) is 2.02. The van der Waals surface area contributed by atoms with Crippen molar-refractivity contribution in [3.63, 3.8) is 0 Å². The first-order chi connectivity index (χ1) is 7.00. The van der Waals surface area contributed by atoms with Gasteiger partial charge in [0.2, 0.25) is 0 Å². The van der Waals surface area contributed by atoms with Crippen LogP contribution >= 0.6 is 12.2 Å². The predicted octanol–water partition coefficient (Wildman–Crippen LogP) is 1.81. The Morgan fingerprint density at radius 1 is 1.53 bits per heavy atom. The summed E-state index contributed by atoms with van der Waals surface area (Å²) in [7, 11) is 2.02. The number of anilines is 1. The first-order valence-corrected chi connectivity index (χ1v) is 5.39. The van der Waals surface area contributed by atoms with Crippen molar-refractivity contribution in [3.05, 3.63) is 23.9 Å². The molecule has 1 aromatic rings. The van der Waals surface area contributed by atoms with Gasteiger partial charge in [-0.15, -0.1) is 0 Å². The average Bonchev–Trinajstić information content (AvgIpc) is 2.17. The van der Waals surface area contributed by atoms with E-state index >= 15 is 0 Å². The van der Waals surface area contributed by atoms with E-state index in [-0.39, 0.29) is 0 Å². The molecule has 0 aliphatic heterocycles. The molecule has 3 nitrogen and oxygen atoms in total. The molecule has 0 saturated heterocycles. The minimum absolute atomic E-state index is 0.342. The lowest BCUT2D eigenvalue weighted by atomic mass is 10.2. The monoisotopic (exact) mass is 223 g/mol. The third kappa shape index (κ3) is 3.47. The summed E-state index contributed by atoms with van der Waals surface area (Å²) in [5.41, 5.74) is 6.21. The molecule has 0 unspecified atom stereocenters. The van der Waals surface area contributed by atoms with Gasteiger partial charge >= 0.3 is 0 Å². The molecular formula is C11H17N3S. The fourth-order valence-corrected chi connectivity index (χ4v) is 1.53. The van der Waals surface area contributed by atoms with E-state index in [4.69, 9.17) is 18.0 Å². The number of nitrogens with two attached hydrogens (primary N) is 1. The zero-order valence-electron chi connectivity index (χ0n) is 9.40. The second-order valence-electron chi connectivity index (χ2n) is 4.02. The van der Waals surface area contributed by atoms with Crippen molar-refractivity contribution in [1.82, 2.24) is 4.98 Å². The topological polar surface area (TPSA) is 42.1 Å². The standard InChI is InChI=1S/C11H17N3S/c1-8(2)7-14(3)10-6-4-5-9(13-10)11(12)15/h4-6,8H,7H2,1-3H3,(H2,12,15). The molecule has 82 valence electrons. The summed E-state index contributed by atoms with van der Waals surface area (Å²) < 4.78 is 0. The van der Waals surface area contributed by atoms with Gasteiger partial charge in [0.05, 0.1) is 5.69 Å². The Balaban J connectivity index is 2.85. The molecule has 0 radical (unpaired) electrons. The maximum Gasteiger partial charge on any atom is 0.129 e. The van der Waals surface area contributed by atoms with Gasteiger partial charge in [0.1, 0.15) is 10.8 Å². The number of nitrogens with zero attached hydrogens (tertiary/aromatic N) is 2. The van der Waals surface area contributed by atoms with Crippen LogP contribution in [0.4, 0.5) is 5.82 Å². The van der Waals surface area contributed by atoms with E-state index in [1.807, 2.05) is 25.2 Å². The number of rotatable bonds is 4.